The number of carboxylic acids is 1. The fourth-order valence-electron chi connectivity index (χ4n) is 5.60. The number of amides is 2. The van der Waals surface area contributed by atoms with E-state index in [1.807, 2.05) is 6.92 Å². The zero-order valence-electron chi connectivity index (χ0n) is 19.0. The number of nitrogen functional groups attached to an aromatic ring is 1. The summed E-state index contributed by atoms with van der Waals surface area (Å²) in [7, 11) is 0. The monoisotopic (exact) mass is 491 g/mol. The lowest BCUT2D eigenvalue weighted by atomic mass is 9.78. The van der Waals surface area contributed by atoms with Crippen LogP contribution in [0.25, 0.3) is 0 Å². The molecule has 3 fully saturated rings. The Labute approximate surface area is 200 Å². The third-order valence-corrected chi connectivity index (χ3v) is 8.85. The number of carbonyl (C=O) groups is 3. The van der Waals surface area contributed by atoms with Gasteiger partial charge in [0.15, 0.2) is 0 Å². The van der Waals surface area contributed by atoms with Gasteiger partial charge in [-0.3, -0.25) is 9.59 Å². The molecule has 0 spiro atoms. The molecule has 0 saturated carbocycles. The van der Waals surface area contributed by atoms with E-state index in [0.717, 1.165) is 6.42 Å². The molecular formula is C20H29N9O4S. The average Bonchev–Trinajstić information content (AvgIpc) is 3.56. The number of anilines is 1. The Hall–Kier alpha value is -2.71. The zero-order valence-corrected chi connectivity index (χ0v) is 19.8. The Kier molecular flexibility index (Phi) is 5.76. The summed E-state index contributed by atoms with van der Waals surface area (Å²) in [5, 5.41) is 24.9. The van der Waals surface area contributed by atoms with Gasteiger partial charge in [-0.1, -0.05) is 12.0 Å². The number of aromatic nitrogens is 4. The summed E-state index contributed by atoms with van der Waals surface area (Å²) in [6.07, 6.45) is 1.41. The molecule has 184 valence electrons. The number of hydrogen-bond donors (Lipinski definition) is 4. The molecule has 34 heavy (non-hydrogen) atoms. The molecule has 0 aliphatic carbocycles. The van der Waals surface area contributed by atoms with Crippen molar-refractivity contribution in [3.63, 3.8) is 0 Å². The number of hydrogen-bond acceptors (Lipinski definition) is 10. The molecule has 0 aromatic carbocycles. The van der Waals surface area contributed by atoms with Crippen LogP contribution < -0.4 is 16.8 Å². The molecule has 0 bridgehead atoms. The van der Waals surface area contributed by atoms with E-state index >= 15 is 0 Å². The van der Waals surface area contributed by atoms with Crippen LogP contribution in [0.1, 0.15) is 32.7 Å². The molecule has 2 amide bonds. The van der Waals surface area contributed by atoms with Crippen molar-refractivity contribution >= 4 is 35.5 Å². The fraction of sp³-hybridized carbons (Fsp3) is 0.700. The van der Waals surface area contributed by atoms with Gasteiger partial charge < -0.3 is 31.7 Å². The summed E-state index contributed by atoms with van der Waals surface area (Å²) in [4.78, 5) is 43.3. The van der Waals surface area contributed by atoms with Crippen molar-refractivity contribution < 1.29 is 19.5 Å². The second-order valence-corrected chi connectivity index (χ2v) is 10.9. The third kappa shape index (κ3) is 3.64. The predicted molar refractivity (Wildman–Crippen MR) is 122 cm³/mol. The molecule has 1 aromatic rings. The van der Waals surface area contributed by atoms with Crippen molar-refractivity contribution in [1.82, 2.24) is 35.3 Å². The second-order valence-electron chi connectivity index (χ2n) is 9.51. The molecule has 6 N–H and O–H groups in total. The van der Waals surface area contributed by atoms with E-state index < -0.39 is 17.9 Å². The number of tetrazole rings is 1. The van der Waals surface area contributed by atoms with E-state index in [2.05, 4.69) is 20.7 Å². The van der Waals surface area contributed by atoms with Gasteiger partial charge in [-0.15, -0.1) is 16.9 Å². The molecule has 5 heterocycles. The van der Waals surface area contributed by atoms with E-state index in [9.17, 15) is 19.5 Å². The highest BCUT2D eigenvalue weighted by atomic mass is 32.2. The van der Waals surface area contributed by atoms with Crippen molar-refractivity contribution in [1.29, 1.82) is 0 Å². The highest BCUT2D eigenvalue weighted by Gasteiger charge is 2.61. The first kappa shape index (κ1) is 23.1. The minimum atomic E-state index is -1.12. The van der Waals surface area contributed by atoms with Gasteiger partial charge >= 0.3 is 5.97 Å². The molecule has 3 saturated heterocycles. The number of carbonyl (C=O) groups excluding carboxylic acids is 2. The summed E-state index contributed by atoms with van der Waals surface area (Å²) >= 11 is 1.46. The third-order valence-electron chi connectivity index (χ3n) is 7.34. The SMILES string of the molecule is C[C@H]([C@H]1C(=O)N2C(C(=O)O)=C(S[C@@H]3CN[C@H](C(=O)N4CC[C@@H](N)C4)C3)[C@H](C)[C@H]12)n1nnc(N)n1. The minimum absolute atomic E-state index is 0.0179. The summed E-state index contributed by atoms with van der Waals surface area (Å²) in [6, 6.07) is -0.994. The van der Waals surface area contributed by atoms with Crippen LogP contribution in [0.5, 0.6) is 0 Å². The number of rotatable bonds is 6. The topological polar surface area (TPSA) is 186 Å². The summed E-state index contributed by atoms with van der Waals surface area (Å²) in [6.45, 7) is 5.59. The molecular weight excluding hydrogens is 462 g/mol. The first-order chi connectivity index (χ1) is 16.2. The smallest absolute Gasteiger partial charge is 0.353 e. The van der Waals surface area contributed by atoms with Gasteiger partial charge in [0.25, 0.3) is 5.95 Å². The number of fused-ring (bicyclic) bond motifs is 1. The Morgan fingerprint density at radius 2 is 2.12 bits per heavy atom. The van der Waals surface area contributed by atoms with Crippen molar-refractivity contribution in [3.05, 3.63) is 10.6 Å². The van der Waals surface area contributed by atoms with E-state index in [0.29, 0.717) is 31.0 Å². The molecule has 4 aliphatic heterocycles. The van der Waals surface area contributed by atoms with Gasteiger partial charge in [0, 0.05) is 41.7 Å². The molecule has 1 aromatic heterocycles. The van der Waals surface area contributed by atoms with Crippen LogP contribution in [0, 0.1) is 11.8 Å². The van der Waals surface area contributed by atoms with E-state index in [1.54, 1.807) is 11.8 Å². The quantitative estimate of drug-likeness (QED) is 0.343. The predicted octanol–water partition coefficient (Wildman–Crippen LogP) is -1.39. The highest BCUT2D eigenvalue weighted by Crippen LogP contribution is 2.53. The number of aliphatic carboxylic acids is 1. The maximum atomic E-state index is 13.0. The van der Waals surface area contributed by atoms with Crippen LogP contribution in [0.2, 0.25) is 0 Å². The maximum absolute atomic E-state index is 13.0. The van der Waals surface area contributed by atoms with Crippen molar-refractivity contribution in [2.24, 2.45) is 17.6 Å². The Balaban J connectivity index is 1.30. The van der Waals surface area contributed by atoms with Crippen LogP contribution in [0.4, 0.5) is 5.95 Å². The number of likely N-dealkylation sites (tertiary alicyclic amines) is 1. The first-order valence-corrected chi connectivity index (χ1v) is 12.3. The molecule has 0 unspecified atom stereocenters. The van der Waals surface area contributed by atoms with Gasteiger partial charge in [0.2, 0.25) is 11.8 Å². The van der Waals surface area contributed by atoms with Gasteiger partial charge in [0.05, 0.1) is 24.0 Å². The lowest BCUT2D eigenvalue weighted by molar-refractivity contribution is -0.159. The standard InChI is InChI=1S/C20H29N9O4S/c1-8-14-13(9(2)29-25-20(22)24-26-29)18(31)28(14)15(19(32)33)16(8)34-11-5-12(23-6-11)17(30)27-4-3-10(21)7-27/h8-14,23H,3-7,21H2,1-2H3,(H2,22,25)(H,32,33)/t8-,9-,10-,11+,12+,13-,14-/m1/s1. The van der Waals surface area contributed by atoms with Crippen LogP contribution in [-0.4, -0.2) is 95.9 Å². The lowest BCUT2D eigenvalue weighted by Gasteiger charge is -2.47. The largest absolute Gasteiger partial charge is 0.477 e. The Morgan fingerprint density at radius 3 is 2.74 bits per heavy atom. The van der Waals surface area contributed by atoms with Crippen LogP contribution in [-0.2, 0) is 14.4 Å². The van der Waals surface area contributed by atoms with Gasteiger partial charge in [-0.2, -0.15) is 4.80 Å². The lowest BCUT2D eigenvalue weighted by Crippen LogP contribution is -2.62. The molecule has 0 radical (unpaired) electrons. The summed E-state index contributed by atoms with van der Waals surface area (Å²) < 4.78 is 0. The Bertz CT molecular complexity index is 1060. The van der Waals surface area contributed by atoms with E-state index in [1.165, 1.54) is 21.5 Å². The highest BCUT2D eigenvalue weighted by molar-refractivity contribution is 8.03. The second kappa shape index (κ2) is 8.50. The number of nitrogens with one attached hydrogen (secondary N) is 1. The molecule has 13 nitrogen and oxygen atoms in total. The first-order valence-electron chi connectivity index (χ1n) is 11.5. The molecule has 5 rings (SSSR count). The minimum Gasteiger partial charge on any atom is -0.477 e. The van der Waals surface area contributed by atoms with Gasteiger partial charge in [0.1, 0.15) is 5.70 Å². The molecule has 14 heteroatoms. The fourth-order valence-corrected chi connectivity index (χ4v) is 7.08. The molecule has 7 atom stereocenters. The molecule has 4 aliphatic rings. The number of nitrogens with two attached hydrogens (primary N) is 2. The van der Waals surface area contributed by atoms with Gasteiger partial charge in [-0.25, -0.2) is 4.79 Å². The van der Waals surface area contributed by atoms with Crippen LogP contribution in [0.3, 0.4) is 0 Å². The normalized spacial score (nSPS) is 33.9. The summed E-state index contributed by atoms with van der Waals surface area (Å²) in [5.74, 6) is -1.97. The van der Waals surface area contributed by atoms with E-state index in [-0.39, 0.29) is 52.8 Å². The Morgan fingerprint density at radius 1 is 1.35 bits per heavy atom. The number of nitrogens with zero attached hydrogens (tertiary/aromatic N) is 6. The van der Waals surface area contributed by atoms with Crippen LogP contribution >= 0.6 is 11.8 Å². The van der Waals surface area contributed by atoms with E-state index in [4.69, 9.17) is 11.5 Å². The average molecular weight is 492 g/mol. The zero-order chi connectivity index (χ0) is 24.3. The van der Waals surface area contributed by atoms with Crippen molar-refractivity contribution in [2.45, 2.75) is 56.1 Å². The van der Waals surface area contributed by atoms with Gasteiger partial charge in [-0.05, 0) is 25.0 Å². The van der Waals surface area contributed by atoms with Crippen LogP contribution in [0.15, 0.2) is 10.6 Å². The van der Waals surface area contributed by atoms with Crippen molar-refractivity contribution in [3.8, 4) is 0 Å². The summed E-state index contributed by atoms with van der Waals surface area (Å²) in [5.41, 5.74) is 11.6. The van der Waals surface area contributed by atoms with Crippen molar-refractivity contribution in [2.75, 3.05) is 25.4 Å². The maximum Gasteiger partial charge on any atom is 0.353 e. The number of β-lactam (4-membered cyclic amide) rings is 1. The number of carboxylic acid groups (broad SMARTS) is 1. The number of thioether (sulfide) groups is 1.